The molecule has 0 amide bonds. The van der Waals surface area contributed by atoms with Gasteiger partial charge in [0.2, 0.25) is 0 Å². The van der Waals surface area contributed by atoms with E-state index in [-0.39, 0.29) is 11.9 Å². The van der Waals surface area contributed by atoms with Crippen molar-refractivity contribution in [1.29, 1.82) is 0 Å². The Morgan fingerprint density at radius 2 is 2.33 bits per heavy atom. The molecule has 1 aliphatic heterocycles. The molecule has 0 radical (unpaired) electrons. The van der Waals surface area contributed by atoms with Gasteiger partial charge in [0.15, 0.2) is 0 Å². The highest BCUT2D eigenvalue weighted by atomic mass is 19.1. The van der Waals surface area contributed by atoms with Crippen molar-refractivity contribution in [2.75, 3.05) is 31.1 Å². The van der Waals surface area contributed by atoms with Crippen molar-refractivity contribution in [2.24, 2.45) is 5.73 Å². The Bertz CT molecular complexity index is 397. The van der Waals surface area contributed by atoms with Crippen molar-refractivity contribution in [3.8, 4) is 0 Å². The Kier molecular flexibility index (Phi) is 4.55. The van der Waals surface area contributed by atoms with E-state index in [1.165, 1.54) is 6.07 Å². The van der Waals surface area contributed by atoms with Gasteiger partial charge >= 0.3 is 0 Å². The van der Waals surface area contributed by atoms with Crippen LogP contribution >= 0.6 is 0 Å². The first kappa shape index (κ1) is 13.3. The zero-order chi connectivity index (χ0) is 13.0. The zero-order valence-electron chi connectivity index (χ0n) is 10.9. The van der Waals surface area contributed by atoms with Crippen molar-refractivity contribution in [2.45, 2.75) is 25.9 Å². The molecule has 1 aromatic carbocycles. The van der Waals surface area contributed by atoms with Gasteiger partial charge in [0.25, 0.3) is 0 Å². The van der Waals surface area contributed by atoms with Gasteiger partial charge < -0.3 is 15.4 Å². The normalized spacial score (nSPS) is 20.8. The summed E-state index contributed by atoms with van der Waals surface area (Å²) in [4.78, 5) is 2.28. The summed E-state index contributed by atoms with van der Waals surface area (Å²) in [5.41, 5.74) is 7.69. The van der Waals surface area contributed by atoms with Crippen molar-refractivity contribution in [3.05, 3.63) is 29.6 Å². The van der Waals surface area contributed by atoms with Gasteiger partial charge in [-0.05, 0) is 50.1 Å². The average Bonchev–Trinajstić information content (AvgIpc) is 2.54. The lowest BCUT2D eigenvalue weighted by molar-refractivity contribution is 0.0821. The van der Waals surface area contributed by atoms with E-state index in [4.69, 9.17) is 10.5 Å². The maximum Gasteiger partial charge on any atom is 0.123 e. The summed E-state index contributed by atoms with van der Waals surface area (Å²) in [5.74, 6) is -0.193. The molecule has 1 fully saturated rings. The summed E-state index contributed by atoms with van der Waals surface area (Å²) in [6.45, 7) is 5.21. The summed E-state index contributed by atoms with van der Waals surface area (Å²) < 4.78 is 18.9. The first-order valence-electron chi connectivity index (χ1n) is 6.55. The monoisotopic (exact) mass is 252 g/mol. The third kappa shape index (κ3) is 3.21. The highest BCUT2D eigenvalue weighted by Crippen LogP contribution is 2.24. The number of hydrogen-bond acceptors (Lipinski definition) is 3. The number of rotatable bonds is 3. The van der Waals surface area contributed by atoms with E-state index < -0.39 is 0 Å². The molecule has 1 heterocycles. The van der Waals surface area contributed by atoms with Crippen LogP contribution in [0.3, 0.4) is 0 Å². The Balaban J connectivity index is 2.24. The highest BCUT2D eigenvalue weighted by molar-refractivity contribution is 5.54. The lowest BCUT2D eigenvalue weighted by Gasteiger charge is -2.26. The van der Waals surface area contributed by atoms with Gasteiger partial charge in [0.05, 0.1) is 6.10 Å². The van der Waals surface area contributed by atoms with E-state index in [0.717, 1.165) is 37.4 Å². The molecule has 1 atom stereocenters. The summed E-state index contributed by atoms with van der Waals surface area (Å²) in [7, 11) is 0. The fourth-order valence-corrected chi connectivity index (χ4v) is 2.43. The smallest absolute Gasteiger partial charge is 0.123 e. The third-order valence-corrected chi connectivity index (χ3v) is 3.25. The molecule has 4 heteroatoms. The van der Waals surface area contributed by atoms with Crippen LogP contribution in [0.2, 0.25) is 0 Å². The molecule has 2 rings (SSSR count). The Hall–Kier alpha value is -1.13. The minimum atomic E-state index is -0.193. The van der Waals surface area contributed by atoms with Gasteiger partial charge in [-0.1, -0.05) is 0 Å². The van der Waals surface area contributed by atoms with Gasteiger partial charge in [-0.15, -0.1) is 0 Å². The Morgan fingerprint density at radius 3 is 3.11 bits per heavy atom. The second-order valence-corrected chi connectivity index (χ2v) is 4.79. The minimum absolute atomic E-state index is 0.193. The fraction of sp³-hybridized carbons (Fsp3) is 0.571. The molecular weight excluding hydrogens is 231 g/mol. The molecule has 0 saturated carbocycles. The van der Waals surface area contributed by atoms with Crippen LogP contribution in [0.4, 0.5) is 10.1 Å². The van der Waals surface area contributed by atoms with Crippen LogP contribution in [0.5, 0.6) is 0 Å². The van der Waals surface area contributed by atoms with Crippen LogP contribution in [-0.4, -0.2) is 32.3 Å². The maximum atomic E-state index is 13.3. The van der Waals surface area contributed by atoms with Crippen LogP contribution < -0.4 is 10.6 Å². The highest BCUT2D eigenvalue weighted by Gasteiger charge is 2.17. The Morgan fingerprint density at radius 1 is 1.50 bits per heavy atom. The molecule has 0 aromatic heterocycles. The minimum Gasteiger partial charge on any atom is -0.377 e. The molecule has 1 aromatic rings. The molecule has 1 unspecified atom stereocenters. The van der Waals surface area contributed by atoms with Crippen LogP contribution in [-0.2, 0) is 11.2 Å². The predicted molar refractivity (Wildman–Crippen MR) is 71.4 cm³/mol. The lowest BCUT2D eigenvalue weighted by atomic mass is 10.1. The second kappa shape index (κ2) is 6.16. The number of ether oxygens (including phenoxy) is 1. The van der Waals surface area contributed by atoms with Crippen LogP contribution in [0, 0.1) is 5.82 Å². The van der Waals surface area contributed by atoms with Gasteiger partial charge in [-0.2, -0.15) is 0 Å². The number of nitrogens with zero attached hydrogens (tertiary/aromatic N) is 1. The van der Waals surface area contributed by atoms with Gasteiger partial charge in [-0.25, -0.2) is 4.39 Å². The van der Waals surface area contributed by atoms with Crippen molar-refractivity contribution < 1.29 is 9.13 Å². The number of anilines is 1. The predicted octanol–water partition coefficient (Wildman–Crippen LogP) is 1.94. The molecule has 1 aliphatic rings. The van der Waals surface area contributed by atoms with Crippen LogP contribution in [0.15, 0.2) is 18.2 Å². The quantitative estimate of drug-likeness (QED) is 0.893. The zero-order valence-corrected chi connectivity index (χ0v) is 10.9. The summed E-state index contributed by atoms with van der Waals surface area (Å²) in [6, 6.07) is 4.97. The summed E-state index contributed by atoms with van der Waals surface area (Å²) in [5, 5.41) is 0. The lowest BCUT2D eigenvalue weighted by Crippen LogP contribution is -2.31. The topological polar surface area (TPSA) is 38.5 Å². The largest absolute Gasteiger partial charge is 0.377 e. The SMILES string of the molecule is CC1CN(c2ccc(F)cc2CCN)CCCO1. The molecule has 3 nitrogen and oxygen atoms in total. The van der Waals surface area contributed by atoms with Crippen molar-refractivity contribution in [1.82, 2.24) is 0 Å². The molecule has 100 valence electrons. The molecule has 0 aliphatic carbocycles. The molecule has 0 bridgehead atoms. The maximum absolute atomic E-state index is 13.3. The molecule has 1 saturated heterocycles. The molecular formula is C14H21FN2O. The number of hydrogen-bond donors (Lipinski definition) is 1. The van der Waals surface area contributed by atoms with Gasteiger partial charge in [0, 0.05) is 25.4 Å². The van der Waals surface area contributed by atoms with E-state index in [1.807, 2.05) is 6.07 Å². The molecule has 0 spiro atoms. The number of nitrogens with two attached hydrogens (primary N) is 1. The standard InChI is InChI=1S/C14H21FN2O/c1-11-10-17(7-2-8-18-11)14-4-3-13(15)9-12(14)5-6-16/h3-4,9,11H,2,5-8,10,16H2,1H3. The van der Waals surface area contributed by atoms with Crippen LogP contribution in [0.25, 0.3) is 0 Å². The van der Waals surface area contributed by atoms with Gasteiger partial charge in [0.1, 0.15) is 5.82 Å². The van der Waals surface area contributed by atoms with Crippen molar-refractivity contribution >= 4 is 5.69 Å². The Labute approximate surface area is 108 Å². The fourth-order valence-electron chi connectivity index (χ4n) is 2.43. The molecule has 2 N–H and O–H groups in total. The second-order valence-electron chi connectivity index (χ2n) is 4.79. The first-order valence-corrected chi connectivity index (χ1v) is 6.55. The summed E-state index contributed by atoms with van der Waals surface area (Å²) >= 11 is 0. The first-order chi connectivity index (χ1) is 8.70. The summed E-state index contributed by atoms with van der Waals surface area (Å²) in [6.07, 6.45) is 1.92. The van der Waals surface area contributed by atoms with Gasteiger partial charge in [-0.3, -0.25) is 0 Å². The van der Waals surface area contributed by atoms with E-state index >= 15 is 0 Å². The van der Waals surface area contributed by atoms with E-state index in [9.17, 15) is 4.39 Å². The third-order valence-electron chi connectivity index (χ3n) is 3.25. The molecule has 18 heavy (non-hydrogen) atoms. The number of halogens is 1. The van der Waals surface area contributed by atoms with E-state index in [2.05, 4.69) is 11.8 Å². The van der Waals surface area contributed by atoms with E-state index in [0.29, 0.717) is 13.0 Å². The average molecular weight is 252 g/mol. The van der Waals surface area contributed by atoms with Crippen molar-refractivity contribution in [3.63, 3.8) is 0 Å². The van der Waals surface area contributed by atoms with E-state index in [1.54, 1.807) is 6.07 Å². The van der Waals surface area contributed by atoms with Crippen LogP contribution in [0.1, 0.15) is 18.9 Å². The number of benzene rings is 1.